The van der Waals surface area contributed by atoms with Gasteiger partial charge in [0.25, 0.3) is 23.6 Å². The standard InChI is InChI=1S/2C6H7NO4.2C6H14.C3H6O.2C2H6.4CH4O.4CH4/c2*1-4(8)11-7-5(9)2-3-6(7)10;2*1-4-6(3)5-2;1-3(2)4;6*1-2;;;;/h2*2-3H2,1H3;2*6H,4-5H2,1-3H3;1-2H3;2*1-2H3;4*2H,1H3;4*1H4. The van der Waals surface area contributed by atoms with Gasteiger partial charge in [-0.05, 0) is 25.7 Å². The van der Waals surface area contributed by atoms with Crippen LogP contribution in [0.2, 0.25) is 0 Å². The Bertz CT molecular complexity index is 693. The Morgan fingerprint density at radius 2 is 0.611 bits per heavy atom. The molecule has 0 aliphatic carbocycles. The summed E-state index contributed by atoms with van der Waals surface area (Å²) < 4.78 is 0. The fourth-order valence-corrected chi connectivity index (χ4v) is 2.15. The van der Waals surface area contributed by atoms with Crippen LogP contribution < -0.4 is 0 Å². The Balaban J connectivity index is -0.0000000334. The lowest BCUT2D eigenvalue weighted by molar-refractivity contribution is -0.195. The lowest BCUT2D eigenvalue weighted by Crippen LogP contribution is -2.30. The van der Waals surface area contributed by atoms with E-state index in [1.54, 1.807) is 0 Å². The van der Waals surface area contributed by atoms with E-state index in [0.29, 0.717) is 10.1 Å². The van der Waals surface area contributed by atoms with Gasteiger partial charge in [-0.15, -0.1) is 10.1 Å². The second-order valence-electron chi connectivity index (χ2n) is 9.08. The Morgan fingerprint density at radius 3 is 0.685 bits per heavy atom. The first-order chi connectivity index (χ1) is 23.6. The molecular formula is C39H92N2O13. The number of amides is 4. The number of aliphatic hydroxyl groups excluding tert-OH is 4. The van der Waals surface area contributed by atoms with E-state index < -0.39 is 35.6 Å². The molecule has 0 spiro atoms. The zero-order valence-corrected chi connectivity index (χ0v) is 34.7. The van der Waals surface area contributed by atoms with Crippen molar-refractivity contribution in [3.8, 4) is 0 Å². The molecule has 0 bridgehead atoms. The van der Waals surface area contributed by atoms with Crippen LogP contribution in [-0.2, 0) is 43.2 Å². The van der Waals surface area contributed by atoms with Gasteiger partial charge in [0.15, 0.2) is 0 Å². The molecule has 15 heteroatoms. The summed E-state index contributed by atoms with van der Waals surface area (Å²) in [5.41, 5.74) is 0. The van der Waals surface area contributed by atoms with Crippen LogP contribution in [-0.4, -0.2) is 100 Å². The highest BCUT2D eigenvalue weighted by Crippen LogP contribution is 2.12. The van der Waals surface area contributed by atoms with Crippen molar-refractivity contribution in [2.75, 3.05) is 28.4 Å². The summed E-state index contributed by atoms with van der Waals surface area (Å²) >= 11 is 0. The molecule has 0 aromatic carbocycles. The van der Waals surface area contributed by atoms with Crippen molar-refractivity contribution in [3.63, 3.8) is 0 Å². The second-order valence-corrected chi connectivity index (χ2v) is 9.08. The third-order valence-electron chi connectivity index (χ3n) is 5.24. The molecule has 2 rings (SSSR count). The molecule has 0 radical (unpaired) electrons. The van der Waals surface area contributed by atoms with Crippen LogP contribution >= 0.6 is 0 Å². The molecule has 2 saturated heterocycles. The van der Waals surface area contributed by atoms with Gasteiger partial charge in [-0.2, -0.15) is 0 Å². The minimum absolute atomic E-state index is 0. The summed E-state index contributed by atoms with van der Waals surface area (Å²) in [5.74, 6) is -1.09. The largest absolute Gasteiger partial charge is 0.400 e. The first-order valence-electron chi connectivity index (χ1n) is 16.9. The van der Waals surface area contributed by atoms with Gasteiger partial charge in [-0.3, -0.25) is 19.2 Å². The van der Waals surface area contributed by atoms with E-state index in [1.165, 1.54) is 39.5 Å². The van der Waals surface area contributed by atoms with Gasteiger partial charge < -0.3 is 34.9 Å². The van der Waals surface area contributed by atoms with Crippen LogP contribution in [0.4, 0.5) is 0 Å². The van der Waals surface area contributed by atoms with Crippen molar-refractivity contribution in [2.24, 2.45) is 11.8 Å². The predicted molar refractivity (Wildman–Crippen MR) is 224 cm³/mol. The second kappa shape index (κ2) is 74.8. The molecule has 2 aliphatic heterocycles. The molecule has 0 aromatic rings. The maximum Gasteiger partial charge on any atom is 0.330 e. The molecule has 336 valence electrons. The average molecular weight is 797 g/mol. The van der Waals surface area contributed by atoms with Crippen molar-refractivity contribution >= 4 is 41.4 Å². The third-order valence-corrected chi connectivity index (χ3v) is 5.24. The number of carbonyl (C=O) groups is 7. The molecule has 2 fully saturated rings. The van der Waals surface area contributed by atoms with Crippen LogP contribution in [0, 0.1) is 11.8 Å². The topological polar surface area (TPSA) is 225 Å². The maximum absolute atomic E-state index is 10.7. The minimum atomic E-state index is -0.659. The highest BCUT2D eigenvalue weighted by molar-refractivity contribution is 6.02. The summed E-state index contributed by atoms with van der Waals surface area (Å²) in [6, 6.07) is 0. The van der Waals surface area contributed by atoms with E-state index >= 15 is 0 Å². The molecule has 0 unspecified atom stereocenters. The molecule has 15 nitrogen and oxygen atoms in total. The fourth-order valence-electron chi connectivity index (χ4n) is 2.15. The van der Waals surface area contributed by atoms with Crippen molar-refractivity contribution in [1.29, 1.82) is 0 Å². The molecule has 4 amide bonds. The summed E-state index contributed by atoms with van der Waals surface area (Å²) in [6.07, 6.45) is 5.84. The number of imide groups is 2. The van der Waals surface area contributed by atoms with Crippen molar-refractivity contribution in [1.82, 2.24) is 10.1 Å². The minimum Gasteiger partial charge on any atom is -0.400 e. The van der Waals surface area contributed by atoms with E-state index in [2.05, 4.69) is 51.2 Å². The van der Waals surface area contributed by atoms with E-state index in [0.717, 1.165) is 54.1 Å². The number of hydroxylamine groups is 4. The predicted octanol–water partition coefficient (Wildman–Crippen LogP) is 7.74. The van der Waals surface area contributed by atoms with Crippen LogP contribution in [0.15, 0.2) is 0 Å². The average Bonchev–Trinajstić information content (AvgIpc) is 3.63. The number of Topliss-reactive ketones (excluding diaryl/α,β-unsaturated/α-hetero) is 1. The Hall–Kier alpha value is -3.27. The van der Waals surface area contributed by atoms with Gasteiger partial charge >= 0.3 is 11.9 Å². The molecule has 2 aliphatic rings. The SMILES string of the molecule is C.C.C.C.CC.CC.CC(=O)ON1C(=O)CCC1=O.CC(=O)ON1C(=O)CCC1=O.CC(C)=O.CCC(C)CC.CCC(C)CC.CO.CO.CO.CO. The fraction of sp³-hybridized carbons (Fsp3) is 0.821. The lowest BCUT2D eigenvalue weighted by atomic mass is 10.1. The monoisotopic (exact) mass is 797 g/mol. The smallest absolute Gasteiger partial charge is 0.330 e. The lowest BCUT2D eigenvalue weighted by Gasteiger charge is -2.09. The van der Waals surface area contributed by atoms with Crippen LogP contribution in [0.1, 0.15) is 178 Å². The quantitative estimate of drug-likeness (QED) is 0.189. The van der Waals surface area contributed by atoms with E-state index in [1.807, 2.05) is 27.7 Å². The van der Waals surface area contributed by atoms with E-state index in [-0.39, 0.29) is 61.2 Å². The maximum atomic E-state index is 10.7. The number of carbonyl (C=O) groups excluding carboxylic acids is 7. The van der Waals surface area contributed by atoms with Crippen LogP contribution in [0.5, 0.6) is 0 Å². The van der Waals surface area contributed by atoms with Crippen molar-refractivity contribution in [2.45, 2.75) is 178 Å². The molecule has 2 heterocycles. The number of hydrogen-bond acceptors (Lipinski definition) is 13. The summed E-state index contributed by atoms with van der Waals surface area (Å²) in [4.78, 5) is 81.7. The zero-order valence-electron chi connectivity index (χ0n) is 34.7. The highest BCUT2D eigenvalue weighted by Gasteiger charge is 2.32. The Labute approximate surface area is 333 Å². The number of hydrogen-bond donors (Lipinski definition) is 4. The molecule has 0 aromatic heterocycles. The van der Waals surface area contributed by atoms with Crippen LogP contribution in [0.3, 0.4) is 0 Å². The summed E-state index contributed by atoms with van der Waals surface area (Å²) in [6.45, 7) is 26.8. The van der Waals surface area contributed by atoms with Gasteiger partial charge in [-0.1, -0.05) is 125 Å². The number of ketones is 1. The van der Waals surface area contributed by atoms with Gasteiger partial charge in [0.2, 0.25) is 0 Å². The van der Waals surface area contributed by atoms with Gasteiger partial charge in [0, 0.05) is 68.0 Å². The Morgan fingerprint density at radius 1 is 0.481 bits per heavy atom. The van der Waals surface area contributed by atoms with Crippen molar-refractivity contribution < 1.29 is 63.7 Å². The first kappa shape index (κ1) is 88.1. The van der Waals surface area contributed by atoms with Gasteiger partial charge in [-0.25, -0.2) is 9.59 Å². The molecule has 0 atom stereocenters. The van der Waals surface area contributed by atoms with Gasteiger partial charge in [0.05, 0.1) is 0 Å². The molecule has 4 N–H and O–H groups in total. The van der Waals surface area contributed by atoms with Crippen LogP contribution in [0.25, 0.3) is 0 Å². The molecule has 54 heavy (non-hydrogen) atoms. The first-order valence-corrected chi connectivity index (χ1v) is 16.9. The molecule has 0 saturated carbocycles. The number of nitrogens with zero attached hydrogens (tertiary/aromatic N) is 2. The molecular weight excluding hydrogens is 704 g/mol. The zero-order chi connectivity index (χ0) is 42.4. The summed E-state index contributed by atoms with van der Waals surface area (Å²) in [5, 5.41) is 29.0. The Kier molecular flexibility index (Phi) is 122. The van der Waals surface area contributed by atoms with Crippen molar-refractivity contribution in [3.05, 3.63) is 0 Å². The number of rotatable bonds is 6. The third kappa shape index (κ3) is 74.0. The van der Waals surface area contributed by atoms with Gasteiger partial charge in [0.1, 0.15) is 5.78 Å². The van der Waals surface area contributed by atoms with E-state index in [4.69, 9.17) is 20.4 Å². The normalized spacial score (nSPS) is 10.4. The highest BCUT2D eigenvalue weighted by atomic mass is 16.7. The van der Waals surface area contributed by atoms with E-state index in [9.17, 15) is 33.6 Å². The summed E-state index contributed by atoms with van der Waals surface area (Å²) in [7, 11) is 4.00. The number of aliphatic hydroxyl groups is 4.